The van der Waals surface area contributed by atoms with Crippen LogP contribution in [-0.4, -0.2) is 9.55 Å². The molecule has 19 heavy (non-hydrogen) atoms. The molecule has 6 heteroatoms. The topological polar surface area (TPSA) is 43.8 Å². The van der Waals surface area contributed by atoms with Gasteiger partial charge >= 0.3 is 0 Å². The lowest BCUT2D eigenvalue weighted by molar-refractivity contribution is 1.10. The van der Waals surface area contributed by atoms with Gasteiger partial charge in [0, 0.05) is 9.50 Å². The van der Waals surface area contributed by atoms with Crippen molar-refractivity contribution in [3.63, 3.8) is 0 Å². The number of nitrogens with zero attached hydrogens (tertiary/aromatic N) is 2. The molecule has 0 radical (unpaired) electrons. The number of hydrogen-bond donors (Lipinski definition) is 1. The third kappa shape index (κ3) is 2.10. The highest BCUT2D eigenvalue weighted by Gasteiger charge is 2.14. The number of aromatic nitrogens is 2. The van der Waals surface area contributed by atoms with Crippen LogP contribution < -0.4 is 5.73 Å². The van der Waals surface area contributed by atoms with Gasteiger partial charge in [0.15, 0.2) is 0 Å². The van der Waals surface area contributed by atoms with E-state index in [-0.39, 0.29) is 0 Å². The van der Waals surface area contributed by atoms with Crippen molar-refractivity contribution < 1.29 is 0 Å². The number of rotatable bonds is 1. The smallest absolute Gasteiger partial charge is 0.206 e. The Balaban J connectivity index is 2.39. The molecule has 0 spiro atoms. The Bertz CT molecular complexity index is 783. The van der Waals surface area contributed by atoms with Gasteiger partial charge in [-0.2, -0.15) is 0 Å². The fourth-order valence-electron chi connectivity index (χ4n) is 2.01. The van der Waals surface area contributed by atoms with Gasteiger partial charge in [-0.25, -0.2) is 4.98 Å². The number of halogens is 3. The second-order valence-corrected chi connectivity index (χ2v) is 5.71. The Labute approximate surface area is 128 Å². The quantitative estimate of drug-likeness (QED) is 0.688. The number of nitrogens with two attached hydrogens (primary N) is 1. The van der Waals surface area contributed by atoms with Crippen LogP contribution in [0.1, 0.15) is 0 Å². The molecule has 0 aliphatic heterocycles. The van der Waals surface area contributed by atoms with Gasteiger partial charge < -0.3 is 5.73 Å². The molecule has 3 rings (SSSR count). The lowest BCUT2D eigenvalue weighted by Gasteiger charge is -2.10. The minimum Gasteiger partial charge on any atom is -0.369 e. The van der Waals surface area contributed by atoms with Crippen LogP contribution in [0.4, 0.5) is 5.95 Å². The molecular weight excluding hydrogens is 349 g/mol. The van der Waals surface area contributed by atoms with E-state index in [1.807, 2.05) is 24.3 Å². The molecule has 3 aromatic rings. The van der Waals surface area contributed by atoms with Crippen molar-refractivity contribution in [2.75, 3.05) is 5.73 Å². The highest BCUT2D eigenvalue weighted by atomic mass is 79.9. The maximum Gasteiger partial charge on any atom is 0.206 e. The molecule has 1 aromatic heterocycles. The standard InChI is InChI=1S/C13H8BrCl2N3/c14-8-6-7(15)4-5-11(8)19-12-9(16)2-1-3-10(12)18-13(19)17/h1-6H,(H2,17,18). The second-order valence-electron chi connectivity index (χ2n) is 4.01. The number of fused-ring (bicyclic) bond motifs is 1. The Morgan fingerprint density at radius 1 is 1.16 bits per heavy atom. The van der Waals surface area contributed by atoms with Crippen LogP contribution >= 0.6 is 39.1 Å². The molecule has 0 aliphatic rings. The summed E-state index contributed by atoms with van der Waals surface area (Å²) in [6, 6.07) is 11.0. The van der Waals surface area contributed by atoms with Crippen LogP contribution in [-0.2, 0) is 0 Å². The van der Waals surface area contributed by atoms with Crippen LogP contribution in [0.5, 0.6) is 0 Å². The third-order valence-corrected chi connectivity index (χ3v) is 3.98. The molecule has 0 saturated carbocycles. The summed E-state index contributed by atoms with van der Waals surface area (Å²) in [6.07, 6.45) is 0. The van der Waals surface area contributed by atoms with E-state index in [1.165, 1.54) is 0 Å². The van der Waals surface area contributed by atoms with Crippen LogP contribution in [0, 0.1) is 0 Å². The number of anilines is 1. The zero-order valence-corrected chi connectivity index (χ0v) is 12.7. The van der Waals surface area contributed by atoms with Gasteiger partial charge in [0.1, 0.15) is 0 Å². The summed E-state index contributed by atoms with van der Waals surface area (Å²) in [6.45, 7) is 0. The molecule has 96 valence electrons. The summed E-state index contributed by atoms with van der Waals surface area (Å²) in [5.74, 6) is 0.381. The van der Waals surface area contributed by atoms with Crippen molar-refractivity contribution in [2.24, 2.45) is 0 Å². The summed E-state index contributed by atoms with van der Waals surface area (Å²) < 4.78 is 2.63. The molecule has 0 aliphatic carbocycles. The van der Waals surface area contributed by atoms with Crippen LogP contribution in [0.3, 0.4) is 0 Å². The van der Waals surface area contributed by atoms with Gasteiger partial charge in [-0.05, 0) is 46.3 Å². The average molecular weight is 357 g/mol. The monoisotopic (exact) mass is 355 g/mol. The number of para-hydroxylation sites is 1. The van der Waals surface area contributed by atoms with E-state index in [0.29, 0.717) is 16.0 Å². The first kappa shape index (κ1) is 12.8. The maximum atomic E-state index is 6.25. The number of hydrogen-bond acceptors (Lipinski definition) is 2. The predicted molar refractivity (Wildman–Crippen MR) is 83.2 cm³/mol. The molecule has 0 fully saturated rings. The number of imidazole rings is 1. The van der Waals surface area contributed by atoms with E-state index < -0.39 is 0 Å². The van der Waals surface area contributed by atoms with Crippen molar-refractivity contribution in [2.45, 2.75) is 0 Å². The molecule has 2 N–H and O–H groups in total. The van der Waals surface area contributed by atoms with Crippen molar-refractivity contribution in [3.8, 4) is 5.69 Å². The van der Waals surface area contributed by atoms with Crippen molar-refractivity contribution >= 4 is 56.1 Å². The summed E-state index contributed by atoms with van der Waals surface area (Å²) in [7, 11) is 0. The summed E-state index contributed by atoms with van der Waals surface area (Å²) in [5, 5.41) is 1.24. The first-order chi connectivity index (χ1) is 9.08. The maximum absolute atomic E-state index is 6.25. The Kier molecular flexibility index (Phi) is 3.17. The summed E-state index contributed by atoms with van der Waals surface area (Å²) >= 11 is 15.7. The fourth-order valence-corrected chi connectivity index (χ4v) is 3.12. The fraction of sp³-hybridized carbons (Fsp3) is 0. The zero-order valence-electron chi connectivity index (χ0n) is 9.57. The molecule has 0 atom stereocenters. The average Bonchev–Trinajstić information content (AvgIpc) is 2.67. The lowest BCUT2D eigenvalue weighted by Crippen LogP contribution is -2.01. The molecule has 0 unspecified atom stereocenters. The minimum absolute atomic E-state index is 0.381. The SMILES string of the molecule is Nc1nc2cccc(Cl)c2n1-c1ccc(Cl)cc1Br. The first-order valence-corrected chi connectivity index (χ1v) is 7.00. The molecular formula is C13H8BrCl2N3. The summed E-state index contributed by atoms with van der Waals surface area (Å²) in [5.41, 5.74) is 8.38. The van der Waals surface area contributed by atoms with Gasteiger partial charge in [0.05, 0.1) is 21.7 Å². The molecule has 0 bridgehead atoms. The molecule has 0 amide bonds. The van der Waals surface area contributed by atoms with Crippen molar-refractivity contribution in [3.05, 3.63) is 50.9 Å². The van der Waals surface area contributed by atoms with E-state index in [2.05, 4.69) is 20.9 Å². The van der Waals surface area contributed by atoms with Crippen LogP contribution in [0.25, 0.3) is 16.7 Å². The van der Waals surface area contributed by atoms with Gasteiger partial charge in [0.2, 0.25) is 5.95 Å². The first-order valence-electron chi connectivity index (χ1n) is 5.46. The van der Waals surface area contributed by atoms with E-state index in [1.54, 1.807) is 16.7 Å². The number of benzene rings is 2. The van der Waals surface area contributed by atoms with E-state index in [9.17, 15) is 0 Å². The van der Waals surface area contributed by atoms with Gasteiger partial charge in [-0.3, -0.25) is 4.57 Å². The second kappa shape index (κ2) is 4.71. The molecule has 2 aromatic carbocycles. The molecule has 3 nitrogen and oxygen atoms in total. The van der Waals surface area contributed by atoms with Crippen LogP contribution in [0.15, 0.2) is 40.9 Å². The van der Waals surface area contributed by atoms with Gasteiger partial charge in [0.25, 0.3) is 0 Å². The lowest BCUT2D eigenvalue weighted by atomic mass is 10.3. The van der Waals surface area contributed by atoms with E-state index >= 15 is 0 Å². The normalized spacial score (nSPS) is 11.1. The minimum atomic E-state index is 0.381. The predicted octanol–water partition coefficient (Wildman–Crippen LogP) is 4.68. The zero-order chi connectivity index (χ0) is 13.6. The van der Waals surface area contributed by atoms with Gasteiger partial charge in [-0.15, -0.1) is 0 Å². The van der Waals surface area contributed by atoms with Crippen LogP contribution in [0.2, 0.25) is 10.0 Å². The number of nitrogen functional groups attached to an aromatic ring is 1. The largest absolute Gasteiger partial charge is 0.369 e. The summed E-state index contributed by atoms with van der Waals surface area (Å²) in [4.78, 5) is 4.32. The van der Waals surface area contributed by atoms with Gasteiger partial charge in [-0.1, -0.05) is 29.3 Å². The Hall–Kier alpha value is -1.23. The van der Waals surface area contributed by atoms with E-state index in [4.69, 9.17) is 28.9 Å². The van der Waals surface area contributed by atoms with E-state index in [0.717, 1.165) is 21.2 Å². The van der Waals surface area contributed by atoms with Crippen molar-refractivity contribution in [1.82, 2.24) is 9.55 Å². The molecule has 0 saturated heterocycles. The highest BCUT2D eigenvalue weighted by Crippen LogP contribution is 2.33. The Morgan fingerprint density at radius 2 is 1.95 bits per heavy atom. The Morgan fingerprint density at radius 3 is 2.68 bits per heavy atom. The highest BCUT2D eigenvalue weighted by molar-refractivity contribution is 9.10. The van der Waals surface area contributed by atoms with Crippen molar-refractivity contribution in [1.29, 1.82) is 0 Å². The third-order valence-electron chi connectivity index (χ3n) is 2.80. The molecule has 1 heterocycles.